The molecule has 0 aliphatic rings. The molecule has 0 fully saturated rings. The standard InChI is InChI=1S/C9H13N3O3/c1-5(2)10-8(13)9(14)11-7-4-6(3)15-12-7/h4-5H,1-3H3,(H,10,13)(H,11,12,14). The lowest BCUT2D eigenvalue weighted by atomic mass is 10.4. The van der Waals surface area contributed by atoms with Crippen LogP contribution in [0.2, 0.25) is 0 Å². The summed E-state index contributed by atoms with van der Waals surface area (Å²) in [6, 6.07) is 1.45. The number of carbonyl (C=O) groups excluding carboxylic acids is 2. The van der Waals surface area contributed by atoms with E-state index < -0.39 is 11.8 Å². The number of nitrogens with one attached hydrogen (secondary N) is 2. The Bertz CT molecular complexity index is 370. The van der Waals surface area contributed by atoms with Gasteiger partial charge in [-0.1, -0.05) is 5.16 Å². The summed E-state index contributed by atoms with van der Waals surface area (Å²) in [4.78, 5) is 22.4. The summed E-state index contributed by atoms with van der Waals surface area (Å²) in [5, 5.41) is 8.30. The zero-order valence-electron chi connectivity index (χ0n) is 8.83. The van der Waals surface area contributed by atoms with Gasteiger partial charge in [0.25, 0.3) is 0 Å². The molecule has 0 aromatic carbocycles. The molecule has 6 heteroatoms. The van der Waals surface area contributed by atoms with Gasteiger partial charge in [0.1, 0.15) is 5.76 Å². The second kappa shape index (κ2) is 4.59. The Kier molecular flexibility index (Phi) is 3.43. The molecule has 1 aromatic heterocycles. The molecule has 1 rings (SSSR count). The molecule has 6 nitrogen and oxygen atoms in total. The van der Waals surface area contributed by atoms with Gasteiger partial charge in [0.2, 0.25) is 0 Å². The molecule has 15 heavy (non-hydrogen) atoms. The van der Waals surface area contributed by atoms with Crippen LogP contribution in [0.15, 0.2) is 10.6 Å². The minimum atomic E-state index is -0.753. The summed E-state index contributed by atoms with van der Waals surface area (Å²) >= 11 is 0. The van der Waals surface area contributed by atoms with E-state index in [1.165, 1.54) is 6.07 Å². The Hall–Kier alpha value is -1.85. The van der Waals surface area contributed by atoms with Crippen LogP contribution >= 0.6 is 0 Å². The van der Waals surface area contributed by atoms with Crippen LogP contribution in [-0.2, 0) is 9.59 Å². The molecule has 0 aliphatic carbocycles. The maximum atomic E-state index is 11.3. The highest BCUT2D eigenvalue weighted by Crippen LogP contribution is 2.06. The third-order valence-corrected chi connectivity index (χ3v) is 1.50. The number of anilines is 1. The summed E-state index contributed by atoms with van der Waals surface area (Å²) in [7, 11) is 0. The fraction of sp³-hybridized carbons (Fsp3) is 0.444. The molecule has 1 aromatic rings. The molecule has 0 unspecified atom stereocenters. The zero-order chi connectivity index (χ0) is 11.4. The fourth-order valence-corrected chi connectivity index (χ4v) is 0.926. The Morgan fingerprint density at radius 2 is 2.07 bits per heavy atom. The topological polar surface area (TPSA) is 84.2 Å². The van der Waals surface area contributed by atoms with Crippen molar-refractivity contribution in [3.05, 3.63) is 11.8 Å². The molecule has 82 valence electrons. The minimum Gasteiger partial charge on any atom is -0.360 e. The van der Waals surface area contributed by atoms with Gasteiger partial charge in [0.05, 0.1) is 0 Å². The van der Waals surface area contributed by atoms with Gasteiger partial charge in [0, 0.05) is 12.1 Å². The van der Waals surface area contributed by atoms with Crippen LogP contribution < -0.4 is 10.6 Å². The van der Waals surface area contributed by atoms with Crippen LogP contribution in [0.3, 0.4) is 0 Å². The number of carbonyl (C=O) groups is 2. The number of aryl methyl sites for hydroxylation is 1. The first kappa shape index (κ1) is 11.2. The normalized spacial score (nSPS) is 10.1. The van der Waals surface area contributed by atoms with E-state index in [2.05, 4.69) is 15.8 Å². The lowest BCUT2D eigenvalue weighted by molar-refractivity contribution is -0.136. The zero-order valence-corrected chi connectivity index (χ0v) is 8.83. The van der Waals surface area contributed by atoms with Gasteiger partial charge in [-0.25, -0.2) is 0 Å². The first-order valence-electron chi connectivity index (χ1n) is 4.54. The van der Waals surface area contributed by atoms with Crippen molar-refractivity contribution in [3.8, 4) is 0 Å². The molecular formula is C9H13N3O3. The highest BCUT2D eigenvalue weighted by Gasteiger charge is 2.15. The summed E-state index contributed by atoms with van der Waals surface area (Å²) < 4.78 is 4.73. The molecule has 0 aliphatic heterocycles. The van der Waals surface area contributed by atoms with Crippen molar-refractivity contribution in [2.45, 2.75) is 26.8 Å². The minimum absolute atomic E-state index is 0.0812. The van der Waals surface area contributed by atoms with E-state index in [9.17, 15) is 9.59 Å². The van der Waals surface area contributed by atoms with Gasteiger partial charge in [-0.05, 0) is 20.8 Å². The highest BCUT2D eigenvalue weighted by atomic mass is 16.5. The number of aromatic nitrogens is 1. The van der Waals surface area contributed by atoms with E-state index in [1.807, 2.05) is 0 Å². The van der Waals surface area contributed by atoms with Gasteiger partial charge in [-0.3, -0.25) is 14.9 Å². The second-order valence-corrected chi connectivity index (χ2v) is 3.41. The molecule has 0 radical (unpaired) electrons. The predicted molar refractivity (Wildman–Crippen MR) is 53.1 cm³/mol. The Labute approximate surface area is 87.0 Å². The van der Waals surface area contributed by atoms with Gasteiger partial charge < -0.3 is 9.84 Å². The van der Waals surface area contributed by atoms with Crippen LogP contribution in [0.1, 0.15) is 19.6 Å². The number of hydrogen-bond donors (Lipinski definition) is 2. The summed E-state index contributed by atoms with van der Waals surface area (Å²) in [5.74, 6) is -0.645. The molecule has 0 atom stereocenters. The monoisotopic (exact) mass is 211 g/mol. The molecule has 0 bridgehead atoms. The third-order valence-electron chi connectivity index (χ3n) is 1.50. The molecule has 2 N–H and O–H groups in total. The maximum Gasteiger partial charge on any atom is 0.314 e. The van der Waals surface area contributed by atoms with Crippen LogP contribution in [0, 0.1) is 6.92 Å². The fourth-order valence-electron chi connectivity index (χ4n) is 0.926. The van der Waals surface area contributed by atoms with Gasteiger partial charge in [0.15, 0.2) is 5.82 Å². The molecular weight excluding hydrogens is 198 g/mol. The van der Waals surface area contributed by atoms with E-state index in [0.717, 1.165) is 0 Å². The lowest BCUT2D eigenvalue weighted by Gasteiger charge is -2.06. The van der Waals surface area contributed by atoms with Crippen LogP contribution in [0.5, 0.6) is 0 Å². The molecule has 1 heterocycles. The smallest absolute Gasteiger partial charge is 0.314 e. The van der Waals surface area contributed by atoms with Crippen LogP contribution in [-0.4, -0.2) is 23.0 Å². The highest BCUT2D eigenvalue weighted by molar-refractivity contribution is 6.39. The SMILES string of the molecule is Cc1cc(NC(=O)C(=O)NC(C)C)no1. The number of nitrogens with zero attached hydrogens (tertiary/aromatic N) is 1. The largest absolute Gasteiger partial charge is 0.360 e. The van der Waals surface area contributed by atoms with Crippen molar-refractivity contribution in [2.75, 3.05) is 5.32 Å². The third kappa shape index (κ3) is 3.41. The van der Waals surface area contributed by atoms with Crippen molar-refractivity contribution >= 4 is 17.6 Å². The predicted octanol–water partition coefficient (Wildman–Crippen LogP) is 0.446. The van der Waals surface area contributed by atoms with Crippen LogP contribution in [0.4, 0.5) is 5.82 Å². The number of hydrogen-bond acceptors (Lipinski definition) is 4. The Morgan fingerprint density at radius 3 is 2.53 bits per heavy atom. The Balaban J connectivity index is 2.52. The van der Waals surface area contributed by atoms with E-state index in [-0.39, 0.29) is 11.9 Å². The van der Waals surface area contributed by atoms with E-state index in [1.54, 1.807) is 20.8 Å². The quantitative estimate of drug-likeness (QED) is 0.695. The Morgan fingerprint density at radius 1 is 1.40 bits per heavy atom. The van der Waals surface area contributed by atoms with Crippen molar-refractivity contribution in [3.63, 3.8) is 0 Å². The van der Waals surface area contributed by atoms with Crippen molar-refractivity contribution in [1.29, 1.82) is 0 Å². The van der Waals surface area contributed by atoms with Crippen molar-refractivity contribution in [1.82, 2.24) is 10.5 Å². The average Bonchev–Trinajstić information content (AvgIpc) is 2.50. The average molecular weight is 211 g/mol. The molecule has 0 saturated carbocycles. The van der Waals surface area contributed by atoms with Crippen molar-refractivity contribution < 1.29 is 14.1 Å². The first-order chi connectivity index (χ1) is 6.99. The maximum absolute atomic E-state index is 11.3. The number of amides is 2. The van der Waals surface area contributed by atoms with Gasteiger partial charge >= 0.3 is 11.8 Å². The second-order valence-electron chi connectivity index (χ2n) is 3.41. The van der Waals surface area contributed by atoms with Crippen molar-refractivity contribution in [2.24, 2.45) is 0 Å². The van der Waals surface area contributed by atoms with E-state index >= 15 is 0 Å². The molecule has 0 saturated heterocycles. The van der Waals surface area contributed by atoms with E-state index in [0.29, 0.717) is 5.76 Å². The summed E-state index contributed by atoms with van der Waals surface area (Å²) in [6.07, 6.45) is 0. The molecule has 0 spiro atoms. The number of rotatable bonds is 2. The molecule has 2 amide bonds. The summed E-state index contributed by atoms with van der Waals surface area (Å²) in [5.41, 5.74) is 0. The van der Waals surface area contributed by atoms with E-state index in [4.69, 9.17) is 4.52 Å². The van der Waals surface area contributed by atoms with Gasteiger partial charge in [-0.15, -0.1) is 0 Å². The first-order valence-corrected chi connectivity index (χ1v) is 4.54. The van der Waals surface area contributed by atoms with Crippen LogP contribution in [0.25, 0.3) is 0 Å². The van der Waals surface area contributed by atoms with Gasteiger partial charge in [-0.2, -0.15) is 0 Å². The summed E-state index contributed by atoms with van der Waals surface area (Å²) in [6.45, 7) is 5.23. The lowest BCUT2D eigenvalue weighted by Crippen LogP contribution is -2.39.